The molecule has 0 aliphatic heterocycles. The van der Waals surface area contributed by atoms with Gasteiger partial charge in [-0.2, -0.15) is 0 Å². The highest BCUT2D eigenvalue weighted by atomic mass is 35.5. The predicted octanol–water partition coefficient (Wildman–Crippen LogP) is 3.74. The molecule has 0 spiro atoms. The molecule has 0 fully saturated rings. The molecule has 0 aliphatic rings. The molecule has 0 amide bonds. The van der Waals surface area contributed by atoms with Crippen molar-refractivity contribution < 1.29 is 18.8 Å². The molecule has 0 aromatic heterocycles. The highest BCUT2D eigenvalue weighted by Crippen LogP contribution is 2.22. The van der Waals surface area contributed by atoms with Gasteiger partial charge in [0.15, 0.2) is 0 Å². The molecule has 21 heavy (non-hydrogen) atoms. The number of esters is 1. The van der Waals surface area contributed by atoms with Gasteiger partial charge in [0.25, 0.3) is 5.69 Å². The van der Waals surface area contributed by atoms with E-state index >= 15 is 0 Å². The lowest BCUT2D eigenvalue weighted by atomic mass is 10.2. The van der Waals surface area contributed by atoms with Gasteiger partial charge < -0.3 is 4.74 Å². The van der Waals surface area contributed by atoms with Crippen LogP contribution in [0.5, 0.6) is 0 Å². The zero-order valence-electron chi connectivity index (χ0n) is 10.6. The number of carbonyl (C=O) groups is 1. The monoisotopic (exact) mass is 309 g/mol. The van der Waals surface area contributed by atoms with Crippen LogP contribution in [0.2, 0.25) is 5.02 Å². The average molecular weight is 310 g/mol. The van der Waals surface area contributed by atoms with Crippen molar-refractivity contribution in [2.24, 2.45) is 0 Å². The van der Waals surface area contributed by atoms with Gasteiger partial charge in [0, 0.05) is 11.6 Å². The number of nitrogens with zero attached hydrogens (tertiary/aromatic N) is 1. The molecule has 0 N–H and O–H groups in total. The smallest absolute Gasteiger partial charge is 0.345 e. The fourth-order valence-corrected chi connectivity index (χ4v) is 1.91. The summed E-state index contributed by atoms with van der Waals surface area (Å²) in [7, 11) is 0. The largest absolute Gasteiger partial charge is 0.457 e. The van der Waals surface area contributed by atoms with Crippen LogP contribution in [-0.4, -0.2) is 10.9 Å². The van der Waals surface area contributed by atoms with Gasteiger partial charge in [0.2, 0.25) is 0 Å². The maximum atomic E-state index is 13.5. The van der Waals surface area contributed by atoms with E-state index in [2.05, 4.69) is 0 Å². The van der Waals surface area contributed by atoms with Gasteiger partial charge in [-0.05, 0) is 18.2 Å². The Balaban J connectivity index is 2.18. The van der Waals surface area contributed by atoms with Crippen molar-refractivity contribution in [2.45, 2.75) is 6.61 Å². The van der Waals surface area contributed by atoms with E-state index in [4.69, 9.17) is 16.3 Å². The van der Waals surface area contributed by atoms with E-state index in [9.17, 15) is 19.3 Å². The fraction of sp³-hybridized carbons (Fsp3) is 0.0714. The third kappa shape index (κ3) is 3.35. The van der Waals surface area contributed by atoms with Crippen molar-refractivity contribution in [1.82, 2.24) is 0 Å². The van der Waals surface area contributed by atoms with Gasteiger partial charge >= 0.3 is 5.97 Å². The predicted molar refractivity (Wildman–Crippen MR) is 73.6 cm³/mol. The second-order valence-electron chi connectivity index (χ2n) is 4.05. The molecule has 7 heteroatoms. The number of hydrogen-bond acceptors (Lipinski definition) is 4. The van der Waals surface area contributed by atoms with E-state index in [0.717, 1.165) is 0 Å². The van der Waals surface area contributed by atoms with Crippen molar-refractivity contribution in [3.63, 3.8) is 0 Å². The van der Waals surface area contributed by atoms with Crippen LogP contribution in [0.3, 0.4) is 0 Å². The molecule has 108 valence electrons. The second-order valence-corrected chi connectivity index (χ2v) is 4.46. The first-order valence-electron chi connectivity index (χ1n) is 5.84. The van der Waals surface area contributed by atoms with E-state index in [-0.39, 0.29) is 21.8 Å². The standard InChI is InChI=1S/C14H9ClFNO4/c15-11-5-3-6-12(16)10(11)8-21-14(18)9-4-1-2-7-13(9)17(19)20/h1-7H,8H2. The van der Waals surface area contributed by atoms with E-state index in [0.29, 0.717) is 0 Å². The van der Waals surface area contributed by atoms with Crippen LogP contribution in [0, 0.1) is 15.9 Å². The van der Waals surface area contributed by atoms with E-state index in [1.54, 1.807) is 0 Å². The normalized spacial score (nSPS) is 10.2. The van der Waals surface area contributed by atoms with Gasteiger partial charge in [-0.3, -0.25) is 10.1 Å². The summed E-state index contributed by atoms with van der Waals surface area (Å²) in [6, 6.07) is 9.42. The lowest BCUT2D eigenvalue weighted by Crippen LogP contribution is -2.09. The van der Waals surface area contributed by atoms with E-state index in [1.165, 1.54) is 42.5 Å². The number of halogens is 2. The maximum Gasteiger partial charge on any atom is 0.345 e. The number of carbonyl (C=O) groups excluding carboxylic acids is 1. The number of nitro groups is 1. The van der Waals surface area contributed by atoms with Gasteiger partial charge in [0.1, 0.15) is 18.0 Å². The van der Waals surface area contributed by atoms with Crippen LogP contribution in [0.25, 0.3) is 0 Å². The zero-order chi connectivity index (χ0) is 15.4. The molecule has 0 saturated carbocycles. The molecule has 5 nitrogen and oxygen atoms in total. The van der Waals surface area contributed by atoms with Crippen LogP contribution in [0.1, 0.15) is 15.9 Å². The molecule has 2 aromatic rings. The first-order valence-corrected chi connectivity index (χ1v) is 6.22. The first kappa shape index (κ1) is 14.9. The number of hydrogen-bond donors (Lipinski definition) is 0. The van der Waals surface area contributed by atoms with Crippen molar-refractivity contribution in [3.8, 4) is 0 Å². The van der Waals surface area contributed by atoms with Crippen LogP contribution in [-0.2, 0) is 11.3 Å². The molecular formula is C14H9ClFNO4. The quantitative estimate of drug-likeness (QED) is 0.490. The van der Waals surface area contributed by atoms with Crippen molar-refractivity contribution in [1.29, 1.82) is 0 Å². The van der Waals surface area contributed by atoms with Gasteiger partial charge in [0.05, 0.1) is 9.95 Å². The van der Waals surface area contributed by atoms with E-state index in [1.807, 2.05) is 0 Å². The molecule has 0 aliphatic carbocycles. The lowest BCUT2D eigenvalue weighted by molar-refractivity contribution is -0.385. The second kappa shape index (κ2) is 6.32. The van der Waals surface area contributed by atoms with E-state index < -0.39 is 23.3 Å². The Morgan fingerprint density at radius 1 is 1.24 bits per heavy atom. The number of nitro benzene ring substituents is 1. The minimum atomic E-state index is -0.915. The molecule has 0 heterocycles. The van der Waals surface area contributed by atoms with Gasteiger partial charge in [-0.25, -0.2) is 9.18 Å². The summed E-state index contributed by atoms with van der Waals surface area (Å²) in [5.74, 6) is -1.53. The van der Waals surface area contributed by atoms with Crippen LogP contribution >= 0.6 is 11.6 Å². The Morgan fingerprint density at radius 2 is 1.95 bits per heavy atom. The Kier molecular flexibility index (Phi) is 4.49. The van der Waals surface area contributed by atoms with Crippen LogP contribution in [0.15, 0.2) is 42.5 Å². The Hall–Kier alpha value is -2.47. The maximum absolute atomic E-state index is 13.5. The minimum absolute atomic E-state index is 0.0195. The molecule has 0 atom stereocenters. The third-order valence-corrected chi connectivity index (χ3v) is 3.08. The fourth-order valence-electron chi connectivity index (χ4n) is 1.69. The Bertz CT molecular complexity index is 685. The van der Waals surface area contributed by atoms with Crippen molar-refractivity contribution >= 4 is 23.3 Å². The SMILES string of the molecule is O=C(OCc1c(F)cccc1Cl)c1ccccc1[N+](=O)[O-]. The first-order chi connectivity index (χ1) is 10.0. The Morgan fingerprint density at radius 3 is 2.62 bits per heavy atom. The van der Waals surface area contributed by atoms with Gasteiger partial charge in [-0.1, -0.05) is 29.8 Å². The highest BCUT2D eigenvalue weighted by Gasteiger charge is 2.21. The third-order valence-electron chi connectivity index (χ3n) is 2.73. The summed E-state index contributed by atoms with van der Waals surface area (Å²) in [5.41, 5.74) is -0.553. The Labute approximate surface area is 124 Å². The minimum Gasteiger partial charge on any atom is -0.457 e. The molecule has 2 rings (SSSR count). The summed E-state index contributed by atoms with van der Waals surface area (Å²) >= 11 is 5.80. The summed E-state index contributed by atoms with van der Waals surface area (Å²) in [6.07, 6.45) is 0. The highest BCUT2D eigenvalue weighted by molar-refractivity contribution is 6.31. The summed E-state index contributed by atoms with van der Waals surface area (Å²) < 4.78 is 18.4. The number of ether oxygens (including phenoxy) is 1. The van der Waals surface area contributed by atoms with Crippen molar-refractivity contribution in [2.75, 3.05) is 0 Å². The number of benzene rings is 2. The number of rotatable bonds is 4. The van der Waals surface area contributed by atoms with Gasteiger partial charge in [-0.15, -0.1) is 0 Å². The zero-order valence-corrected chi connectivity index (χ0v) is 11.3. The van der Waals surface area contributed by atoms with Crippen molar-refractivity contribution in [3.05, 3.63) is 74.5 Å². The average Bonchev–Trinajstić information content (AvgIpc) is 2.46. The van der Waals surface area contributed by atoms with Crippen LogP contribution < -0.4 is 0 Å². The molecular weight excluding hydrogens is 301 g/mol. The molecule has 0 unspecified atom stereocenters. The molecule has 0 bridgehead atoms. The lowest BCUT2D eigenvalue weighted by Gasteiger charge is -2.07. The summed E-state index contributed by atoms with van der Waals surface area (Å²) in [6.45, 7) is -0.406. The summed E-state index contributed by atoms with van der Waals surface area (Å²) in [5, 5.41) is 10.9. The molecule has 0 radical (unpaired) electrons. The molecule has 0 saturated heterocycles. The summed E-state index contributed by atoms with van der Waals surface area (Å²) in [4.78, 5) is 22.0. The topological polar surface area (TPSA) is 69.4 Å². The molecule has 2 aromatic carbocycles. The number of para-hydroxylation sites is 1. The van der Waals surface area contributed by atoms with Crippen LogP contribution in [0.4, 0.5) is 10.1 Å².